The Morgan fingerprint density at radius 1 is 1.20 bits per heavy atom. The van der Waals surface area contributed by atoms with Crippen LogP contribution in [0.2, 0.25) is 0 Å². The first-order valence-corrected chi connectivity index (χ1v) is 7.08. The Bertz CT molecular complexity index is 534. The van der Waals surface area contributed by atoms with Crippen molar-refractivity contribution in [3.8, 4) is 0 Å². The van der Waals surface area contributed by atoms with Crippen molar-refractivity contribution >= 4 is 0 Å². The van der Waals surface area contributed by atoms with Crippen molar-refractivity contribution in [1.29, 1.82) is 0 Å². The minimum absolute atomic E-state index is 0.383. The molecule has 0 saturated heterocycles. The third kappa shape index (κ3) is 3.41. The Morgan fingerprint density at radius 3 is 2.20 bits per heavy atom. The third-order valence-electron chi connectivity index (χ3n) is 3.83. The van der Waals surface area contributed by atoms with Crippen molar-refractivity contribution in [2.75, 3.05) is 7.05 Å². The van der Waals surface area contributed by atoms with E-state index in [-0.39, 0.29) is 0 Å². The zero-order chi connectivity index (χ0) is 15.4. The monoisotopic (exact) mass is 269 g/mol. The molecule has 0 aromatic rings. The number of hydrogen-bond acceptors (Lipinski definition) is 1. The molecule has 0 amide bonds. The fourth-order valence-electron chi connectivity index (χ4n) is 2.39. The van der Waals surface area contributed by atoms with Crippen LogP contribution >= 0.6 is 0 Å². The van der Waals surface area contributed by atoms with Crippen LogP contribution in [0.4, 0.5) is 0 Å². The van der Waals surface area contributed by atoms with E-state index in [2.05, 4.69) is 71.0 Å². The lowest BCUT2D eigenvalue weighted by atomic mass is 10.0. The summed E-state index contributed by atoms with van der Waals surface area (Å²) in [6.07, 6.45) is 8.47. The molecule has 1 aliphatic rings. The van der Waals surface area contributed by atoms with Crippen molar-refractivity contribution in [2.45, 2.75) is 40.7 Å². The Balaban J connectivity index is 3.30. The minimum Gasteiger partial charge on any atom is -0.368 e. The Morgan fingerprint density at radius 2 is 1.80 bits per heavy atom. The van der Waals surface area contributed by atoms with Crippen LogP contribution in [0, 0.1) is 0 Å². The molecule has 0 spiro atoms. The van der Waals surface area contributed by atoms with Crippen molar-refractivity contribution in [3.05, 3.63) is 71.0 Å². The second-order valence-electron chi connectivity index (χ2n) is 5.75. The van der Waals surface area contributed by atoms with E-state index in [0.29, 0.717) is 6.04 Å². The first-order valence-electron chi connectivity index (χ1n) is 7.08. The number of hydrogen-bond donors (Lipinski definition) is 0. The van der Waals surface area contributed by atoms with Gasteiger partial charge in [-0.15, -0.1) is 0 Å². The van der Waals surface area contributed by atoms with Crippen molar-refractivity contribution < 1.29 is 0 Å². The van der Waals surface area contributed by atoms with Crippen molar-refractivity contribution in [2.24, 2.45) is 0 Å². The predicted octanol–water partition coefficient (Wildman–Crippen LogP) is 5.18. The van der Waals surface area contributed by atoms with E-state index in [0.717, 1.165) is 5.57 Å². The number of rotatable bonds is 4. The van der Waals surface area contributed by atoms with Crippen LogP contribution in [0.15, 0.2) is 71.0 Å². The summed E-state index contributed by atoms with van der Waals surface area (Å²) in [7, 11) is 2.13. The first kappa shape index (κ1) is 16.3. The van der Waals surface area contributed by atoms with E-state index >= 15 is 0 Å². The molecular weight excluding hydrogens is 242 g/mol. The van der Waals surface area contributed by atoms with E-state index in [9.17, 15) is 0 Å². The van der Waals surface area contributed by atoms with E-state index in [1.165, 1.54) is 28.0 Å². The second-order valence-corrected chi connectivity index (χ2v) is 5.75. The molecule has 0 fully saturated rings. The standard InChI is InChI=1S/C19H27N/c1-9-18-15(6)19(20(8)16(18)7)12-17(14(4)5)11-10-13(2)3/h9-12,16H,1,4H2,2-3,5-8H3/b17-11-,19-12-. The number of nitrogens with zero attached hydrogens (tertiary/aromatic N) is 1. The number of allylic oxidation sites excluding steroid dienone is 7. The summed E-state index contributed by atoms with van der Waals surface area (Å²) in [6, 6.07) is 0.383. The van der Waals surface area contributed by atoms with Gasteiger partial charge in [-0.3, -0.25) is 0 Å². The highest BCUT2D eigenvalue weighted by Gasteiger charge is 2.26. The van der Waals surface area contributed by atoms with Gasteiger partial charge in [0, 0.05) is 12.7 Å². The van der Waals surface area contributed by atoms with Gasteiger partial charge < -0.3 is 4.90 Å². The number of likely N-dealkylation sites (N-methyl/N-ethyl adjacent to an activating group) is 1. The quantitative estimate of drug-likeness (QED) is 0.636. The van der Waals surface area contributed by atoms with Gasteiger partial charge in [0.15, 0.2) is 0 Å². The van der Waals surface area contributed by atoms with Crippen LogP contribution in [0.5, 0.6) is 0 Å². The zero-order valence-electron chi connectivity index (χ0n) is 13.7. The van der Waals surface area contributed by atoms with Crippen LogP contribution in [0.25, 0.3) is 0 Å². The van der Waals surface area contributed by atoms with Gasteiger partial charge in [0.1, 0.15) is 0 Å². The van der Waals surface area contributed by atoms with Gasteiger partial charge in [0.2, 0.25) is 0 Å². The van der Waals surface area contributed by atoms with E-state index in [1.807, 2.05) is 13.0 Å². The molecule has 0 saturated carbocycles. The van der Waals surface area contributed by atoms with Crippen LogP contribution in [-0.2, 0) is 0 Å². The van der Waals surface area contributed by atoms with E-state index < -0.39 is 0 Å². The Labute approximate surface area is 124 Å². The normalized spacial score (nSPS) is 21.5. The molecule has 1 nitrogen and oxygen atoms in total. The van der Waals surface area contributed by atoms with Crippen LogP contribution < -0.4 is 0 Å². The first-order chi connectivity index (χ1) is 9.29. The maximum Gasteiger partial charge on any atom is 0.0514 e. The highest BCUT2D eigenvalue weighted by Crippen LogP contribution is 2.33. The minimum atomic E-state index is 0.383. The summed E-state index contributed by atoms with van der Waals surface area (Å²) >= 11 is 0. The lowest BCUT2D eigenvalue weighted by Crippen LogP contribution is -2.23. The van der Waals surface area contributed by atoms with Gasteiger partial charge in [0.25, 0.3) is 0 Å². The van der Waals surface area contributed by atoms with Crippen molar-refractivity contribution in [1.82, 2.24) is 4.90 Å². The molecule has 0 aromatic carbocycles. The van der Waals surface area contributed by atoms with Crippen LogP contribution in [0.1, 0.15) is 34.6 Å². The lowest BCUT2D eigenvalue weighted by Gasteiger charge is -2.22. The largest absolute Gasteiger partial charge is 0.368 e. The molecule has 20 heavy (non-hydrogen) atoms. The van der Waals surface area contributed by atoms with Crippen LogP contribution in [-0.4, -0.2) is 18.0 Å². The average Bonchev–Trinajstić information content (AvgIpc) is 2.56. The summed E-state index contributed by atoms with van der Waals surface area (Å²) in [5, 5.41) is 0. The molecule has 1 rings (SSSR count). The zero-order valence-corrected chi connectivity index (χ0v) is 13.7. The summed E-state index contributed by atoms with van der Waals surface area (Å²) in [4.78, 5) is 2.30. The molecule has 1 unspecified atom stereocenters. The lowest BCUT2D eigenvalue weighted by molar-refractivity contribution is 0.396. The summed E-state index contributed by atoms with van der Waals surface area (Å²) < 4.78 is 0. The fourth-order valence-corrected chi connectivity index (χ4v) is 2.39. The molecule has 1 heteroatoms. The molecule has 1 aliphatic heterocycles. The summed E-state index contributed by atoms with van der Waals surface area (Å²) in [6.45, 7) is 18.6. The summed E-state index contributed by atoms with van der Waals surface area (Å²) in [5.41, 5.74) is 7.40. The molecule has 0 radical (unpaired) electrons. The molecule has 0 N–H and O–H groups in total. The van der Waals surface area contributed by atoms with Gasteiger partial charge in [-0.05, 0) is 57.4 Å². The van der Waals surface area contributed by atoms with E-state index in [4.69, 9.17) is 0 Å². The Hall–Kier alpha value is -1.76. The summed E-state index contributed by atoms with van der Waals surface area (Å²) in [5.74, 6) is 0. The van der Waals surface area contributed by atoms with Crippen molar-refractivity contribution in [3.63, 3.8) is 0 Å². The fraction of sp³-hybridized carbons (Fsp3) is 0.368. The molecule has 108 valence electrons. The molecule has 0 bridgehead atoms. The van der Waals surface area contributed by atoms with Gasteiger partial charge in [0.05, 0.1) is 6.04 Å². The second kappa shape index (κ2) is 6.60. The third-order valence-corrected chi connectivity index (χ3v) is 3.83. The molecule has 0 aliphatic carbocycles. The van der Waals surface area contributed by atoms with Gasteiger partial charge in [-0.1, -0.05) is 42.5 Å². The van der Waals surface area contributed by atoms with Crippen LogP contribution in [0.3, 0.4) is 0 Å². The Kier molecular flexibility index (Phi) is 5.38. The molecule has 1 atom stereocenters. The topological polar surface area (TPSA) is 3.24 Å². The molecule has 0 aromatic heterocycles. The average molecular weight is 269 g/mol. The molecular formula is C19H27N. The molecule has 1 heterocycles. The maximum absolute atomic E-state index is 4.09. The smallest absolute Gasteiger partial charge is 0.0514 e. The highest BCUT2D eigenvalue weighted by molar-refractivity contribution is 5.52. The highest BCUT2D eigenvalue weighted by atomic mass is 15.2. The van der Waals surface area contributed by atoms with Gasteiger partial charge in [-0.2, -0.15) is 0 Å². The maximum atomic E-state index is 4.09. The SMILES string of the molecule is C=CC1=C(C)/C(=C/C(=C/C=C(C)C)C(=C)C)N(C)C1C. The van der Waals surface area contributed by atoms with Gasteiger partial charge in [-0.25, -0.2) is 0 Å². The van der Waals surface area contributed by atoms with Gasteiger partial charge >= 0.3 is 0 Å². The predicted molar refractivity (Wildman–Crippen MR) is 90.5 cm³/mol. The van der Waals surface area contributed by atoms with E-state index in [1.54, 1.807) is 0 Å².